The molecule has 17 heteroatoms. The maximum absolute atomic E-state index is 13.5. The van der Waals surface area contributed by atoms with Gasteiger partial charge < -0.3 is 19.5 Å². The quantitative estimate of drug-likeness (QED) is 0.242. The molecule has 0 aliphatic carbocycles. The van der Waals surface area contributed by atoms with Gasteiger partial charge in [-0.05, 0) is 30.7 Å². The van der Waals surface area contributed by atoms with Crippen molar-refractivity contribution in [2.75, 3.05) is 64.4 Å². The number of methoxy groups -OCH3 is 1. The van der Waals surface area contributed by atoms with Crippen LogP contribution in [0.2, 0.25) is 5.02 Å². The number of hydrogen-bond donors (Lipinski definition) is 3. The van der Waals surface area contributed by atoms with Crippen LogP contribution < -0.4 is 14.8 Å². The summed E-state index contributed by atoms with van der Waals surface area (Å²) in [5.41, 5.74) is 1.32. The molecule has 0 spiro atoms. The van der Waals surface area contributed by atoms with Crippen molar-refractivity contribution in [1.29, 1.82) is 0 Å². The summed E-state index contributed by atoms with van der Waals surface area (Å²) in [6, 6.07) is 8.09. The van der Waals surface area contributed by atoms with Gasteiger partial charge in [0.25, 0.3) is 20.2 Å². The summed E-state index contributed by atoms with van der Waals surface area (Å²) in [5, 5.41) is 3.97. The number of benzene rings is 2. The first-order chi connectivity index (χ1) is 19.1. The van der Waals surface area contributed by atoms with E-state index in [0.29, 0.717) is 47.6 Å². The summed E-state index contributed by atoms with van der Waals surface area (Å²) in [7, 11) is -5.73. The normalized spacial score (nSPS) is 13.8. The lowest BCUT2D eigenvalue weighted by molar-refractivity contribution is 0.0357. The molecule has 4 rings (SSSR count). The highest BCUT2D eigenvalue weighted by molar-refractivity contribution is 7.85. The van der Waals surface area contributed by atoms with E-state index in [1.165, 1.54) is 18.5 Å². The van der Waals surface area contributed by atoms with E-state index in [-0.39, 0.29) is 5.02 Å². The second kappa shape index (κ2) is 16.0. The van der Waals surface area contributed by atoms with E-state index in [0.717, 1.165) is 44.7 Å². The van der Waals surface area contributed by atoms with Gasteiger partial charge in [-0.2, -0.15) is 16.8 Å². The Morgan fingerprint density at radius 3 is 2.27 bits per heavy atom. The standard InChI is InChI=1S/C22H24ClFN4O3.2CH4O3S/c1-29-20-13-19-16(12-21(20)31-8-2-5-28-6-9-30-10-7-28)22(26-14-25-19)27-15-3-4-18(24)17(23)11-15;2*1-5(2,3)4/h3-4,11-14H,2,5-10H2,1H3,(H,25,26,27);2*1H3,(H,2,3,4). The number of morpholine rings is 1. The molecule has 13 nitrogen and oxygen atoms in total. The molecule has 1 aliphatic heterocycles. The second-order valence-corrected chi connectivity index (χ2v) is 12.0. The molecule has 0 unspecified atom stereocenters. The first-order valence-electron chi connectivity index (χ1n) is 12.0. The van der Waals surface area contributed by atoms with Crippen molar-refractivity contribution < 1.29 is 44.5 Å². The Balaban J connectivity index is 0.000000507. The molecule has 41 heavy (non-hydrogen) atoms. The van der Waals surface area contributed by atoms with E-state index in [1.807, 2.05) is 12.1 Å². The maximum atomic E-state index is 13.5. The van der Waals surface area contributed by atoms with Crippen LogP contribution in [0, 0.1) is 5.82 Å². The van der Waals surface area contributed by atoms with Crippen molar-refractivity contribution in [3.63, 3.8) is 0 Å². The third-order valence-electron chi connectivity index (χ3n) is 5.08. The van der Waals surface area contributed by atoms with Crippen LogP contribution in [0.3, 0.4) is 0 Å². The maximum Gasteiger partial charge on any atom is 0.261 e. The molecule has 2 aromatic carbocycles. The number of ether oxygens (including phenoxy) is 3. The molecule has 1 aromatic heterocycles. The van der Waals surface area contributed by atoms with Gasteiger partial charge in [-0.15, -0.1) is 0 Å². The highest BCUT2D eigenvalue weighted by Crippen LogP contribution is 2.35. The number of nitrogens with one attached hydrogen (secondary N) is 1. The summed E-state index contributed by atoms with van der Waals surface area (Å²) >= 11 is 5.90. The van der Waals surface area contributed by atoms with Crippen LogP contribution in [0.1, 0.15) is 6.42 Å². The van der Waals surface area contributed by atoms with Crippen LogP contribution in [-0.2, 0) is 25.0 Å². The van der Waals surface area contributed by atoms with Crippen molar-refractivity contribution in [2.45, 2.75) is 6.42 Å². The first kappa shape index (κ1) is 34.3. The summed E-state index contributed by atoms with van der Waals surface area (Å²) in [6.45, 7) is 5.00. The van der Waals surface area contributed by atoms with Gasteiger partial charge in [0.05, 0.1) is 50.0 Å². The lowest BCUT2D eigenvalue weighted by Crippen LogP contribution is -2.37. The third kappa shape index (κ3) is 14.0. The van der Waals surface area contributed by atoms with Crippen LogP contribution in [0.15, 0.2) is 36.7 Å². The molecule has 0 saturated carbocycles. The molecule has 3 aromatic rings. The fourth-order valence-corrected chi connectivity index (χ4v) is 3.62. The first-order valence-corrected chi connectivity index (χ1v) is 16.0. The van der Waals surface area contributed by atoms with Gasteiger partial charge in [0.15, 0.2) is 11.5 Å². The fourth-order valence-electron chi connectivity index (χ4n) is 3.44. The Labute approximate surface area is 243 Å². The molecular formula is C24H32ClFN4O9S2. The average Bonchev–Trinajstić information content (AvgIpc) is 2.87. The number of halogens is 2. The number of hydrogen-bond acceptors (Lipinski definition) is 11. The summed E-state index contributed by atoms with van der Waals surface area (Å²) in [6.07, 6.45) is 3.78. The second-order valence-electron chi connectivity index (χ2n) is 8.62. The molecule has 228 valence electrons. The molecule has 2 heterocycles. The van der Waals surface area contributed by atoms with E-state index < -0.39 is 26.1 Å². The lowest BCUT2D eigenvalue weighted by Gasteiger charge is -2.26. The minimum atomic E-state index is -3.67. The van der Waals surface area contributed by atoms with E-state index in [2.05, 4.69) is 20.2 Å². The smallest absolute Gasteiger partial charge is 0.261 e. The van der Waals surface area contributed by atoms with Crippen LogP contribution >= 0.6 is 11.6 Å². The Kier molecular flexibility index (Phi) is 13.4. The van der Waals surface area contributed by atoms with Gasteiger partial charge in [0.2, 0.25) is 0 Å². The lowest BCUT2D eigenvalue weighted by atomic mass is 10.2. The Morgan fingerprint density at radius 1 is 1.05 bits per heavy atom. The molecule has 0 radical (unpaired) electrons. The number of rotatable bonds is 8. The van der Waals surface area contributed by atoms with Gasteiger partial charge in [0, 0.05) is 36.8 Å². The monoisotopic (exact) mass is 638 g/mol. The van der Waals surface area contributed by atoms with Crippen LogP contribution in [0.5, 0.6) is 11.5 Å². The van der Waals surface area contributed by atoms with E-state index >= 15 is 0 Å². The van der Waals surface area contributed by atoms with E-state index in [1.54, 1.807) is 13.2 Å². The van der Waals surface area contributed by atoms with Crippen molar-refractivity contribution >= 4 is 54.2 Å². The zero-order valence-corrected chi connectivity index (χ0v) is 25.0. The van der Waals surface area contributed by atoms with Gasteiger partial charge in [0.1, 0.15) is 18.0 Å². The van der Waals surface area contributed by atoms with Gasteiger partial charge >= 0.3 is 0 Å². The summed E-state index contributed by atoms with van der Waals surface area (Å²) < 4.78 is 82.1. The minimum Gasteiger partial charge on any atom is -0.493 e. The number of fused-ring (bicyclic) bond motifs is 1. The van der Waals surface area contributed by atoms with Crippen molar-refractivity contribution in [3.8, 4) is 11.5 Å². The summed E-state index contributed by atoms with van der Waals surface area (Å²) in [5.74, 6) is 1.31. The molecule has 3 N–H and O–H groups in total. The van der Waals surface area contributed by atoms with Crippen LogP contribution in [-0.4, -0.2) is 99.9 Å². The zero-order chi connectivity index (χ0) is 30.6. The largest absolute Gasteiger partial charge is 0.493 e. The van der Waals surface area contributed by atoms with Crippen LogP contribution in [0.25, 0.3) is 10.9 Å². The van der Waals surface area contributed by atoms with Gasteiger partial charge in [-0.1, -0.05) is 11.6 Å². The highest BCUT2D eigenvalue weighted by Gasteiger charge is 2.14. The predicted octanol–water partition coefficient (Wildman–Crippen LogP) is 3.28. The Morgan fingerprint density at radius 2 is 1.68 bits per heavy atom. The molecular weight excluding hydrogens is 607 g/mol. The van der Waals surface area contributed by atoms with Crippen molar-refractivity contribution in [1.82, 2.24) is 14.9 Å². The number of anilines is 2. The molecule has 1 fully saturated rings. The van der Waals surface area contributed by atoms with E-state index in [9.17, 15) is 21.2 Å². The minimum absolute atomic E-state index is 0.0364. The highest BCUT2D eigenvalue weighted by atomic mass is 35.5. The Hall–Kier alpha value is -2.86. The number of nitrogens with zero attached hydrogens (tertiary/aromatic N) is 3. The molecule has 1 aliphatic rings. The van der Waals surface area contributed by atoms with E-state index in [4.69, 9.17) is 34.9 Å². The predicted molar refractivity (Wildman–Crippen MR) is 153 cm³/mol. The summed E-state index contributed by atoms with van der Waals surface area (Å²) in [4.78, 5) is 11.0. The van der Waals surface area contributed by atoms with Crippen molar-refractivity contribution in [2.24, 2.45) is 0 Å². The third-order valence-corrected chi connectivity index (χ3v) is 5.37. The topological polar surface area (TPSA) is 177 Å². The number of aromatic nitrogens is 2. The zero-order valence-electron chi connectivity index (χ0n) is 22.6. The molecule has 0 bridgehead atoms. The molecule has 0 amide bonds. The SMILES string of the molecule is COc1cc2ncnc(Nc3ccc(F)c(Cl)c3)c2cc1OCCCN1CCOCC1.CS(=O)(=O)O.CS(=O)(=O)O. The molecule has 1 saturated heterocycles. The fraction of sp³-hybridized carbons (Fsp3) is 0.417. The molecule has 0 atom stereocenters. The van der Waals surface area contributed by atoms with Gasteiger partial charge in [-0.3, -0.25) is 14.0 Å². The van der Waals surface area contributed by atoms with Crippen LogP contribution in [0.4, 0.5) is 15.9 Å². The Bertz CT molecular complexity index is 1460. The van der Waals surface area contributed by atoms with Gasteiger partial charge in [-0.25, -0.2) is 14.4 Å². The average molecular weight is 639 g/mol. The van der Waals surface area contributed by atoms with Crippen molar-refractivity contribution in [3.05, 3.63) is 47.5 Å².